The van der Waals surface area contributed by atoms with E-state index in [1.807, 2.05) is 66.9 Å². The molecule has 1 N–H and O–H groups in total. The van der Waals surface area contributed by atoms with Gasteiger partial charge in [-0.3, -0.25) is 9.59 Å². The molecule has 0 unspecified atom stereocenters. The number of carbonyl (C=O) groups excluding carboxylic acids is 1. The minimum absolute atomic E-state index is 0.146. The summed E-state index contributed by atoms with van der Waals surface area (Å²) in [5.41, 5.74) is 1.53. The molecule has 0 spiro atoms. The van der Waals surface area contributed by atoms with Crippen molar-refractivity contribution in [2.24, 2.45) is 0 Å². The normalized spacial score (nSPS) is 10.8. The number of aryl methyl sites for hydroxylation is 1. The lowest BCUT2D eigenvalue weighted by atomic mass is 10.1. The number of hydrogen-bond donors (Lipinski definition) is 1. The van der Waals surface area contributed by atoms with Gasteiger partial charge in [0.1, 0.15) is 24.6 Å². The molecule has 2 heterocycles. The van der Waals surface area contributed by atoms with Gasteiger partial charge in [0.15, 0.2) is 0 Å². The molecule has 0 fully saturated rings. The van der Waals surface area contributed by atoms with E-state index < -0.39 is 0 Å². The molecule has 0 radical (unpaired) electrons. The Morgan fingerprint density at radius 3 is 2.70 bits per heavy atom. The first-order chi connectivity index (χ1) is 14.6. The topological polar surface area (TPSA) is 73.2 Å². The molecule has 6 nitrogen and oxygen atoms in total. The fraction of sp³-hybridized carbons (Fsp3) is 0.174. The molecule has 7 heteroatoms. The lowest BCUT2D eigenvalue weighted by Gasteiger charge is -2.11. The third-order valence-corrected chi connectivity index (χ3v) is 5.47. The second-order valence-corrected chi connectivity index (χ2v) is 7.80. The lowest BCUT2D eigenvalue weighted by molar-refractivity contribution is -0.122. The van der Waals surface area contributed by atoms with E-state index in [4.69, 9.17) is 4.74 Å². The van der Waals surface area contributed by atoms with Crippen molar-refractivity contribution in [2.75, 3.05) is 13.2 Å². The van der Waals surface area contributed by atoms with Crippen LogP contribution in [0.25, 0.3) is 21.3 Å². The molecular formula is C23H21N3O3S. The summed E-state index contributed by atoms with van der Waals surface area (Å²) in [6.45, 7) is 2.53. The summed E-state index contributed by atoms with van der Waals surface area (Å²) in [6.07, 6.45) is 0. The van der Waals surface area contributed by atoms with Crippen LogP contribution >= 0.6 is 11.3 Å². The molecule has 4 aromatic rings. The number of thiophene rings is 1. The standard InChI is InChI=1S/C23H21N3O3S/c1-16-6-4-7-17(14-16)29-12-11-24-21(27)15-26-23(28)19-9-3-2-8-18(19)22(25-26)20-10-5-13-30-20/h2-10,13-14H,11-12,15H2,1H3,(H,24,27). The van der Waals surface area contributed by atoms with Crippen LogP contribution in [0.4, 0.5) is 0 Å². The monoisotopic (exact) mass is 419 g/mol. The number of aromatic nitrogens is 2. The van der Waals surface area contributed by atoms with Crippen molar-refractivity contribution < 1.29 is 9.53 Å². The van der Waals surface area contributed by atoms with Crippen LogP contribution in [0, 0.1) is 6.92 Å². The van der Waals surface area contributed by atoms with E-state index in [0.717, 1.165) is 21.6 Å². The molecule has 0 aliphatic heterocycles. The quantitative estimate of drug-likeness (QED) is 0.464. The smallest absolute Gasteiger partial charge is 0.275 e. The Morgan fingerprint density at radius 2 is 1.93 bits per heavy atom. The minimum Gasteiger partial charge on any atom is -0.492 e. The van der Waals surface area contributed by atoms with Gasteiger partial charge < -0.3 is 10.1 Å². The molecule has 30 heavy (non-hydrogen) atoms. The van der Waals surface area contributed by atoms with Gasteiger partial charge in [0.25, 0.3) is 5.56 Å². The molecule has 0 saturated heterocycles. The van der Waals surface area contributed by atoms with Crippen molar-refractivity contribution in [2.45, 2.75) is 13.5 Å². The number of nitrogens with zero attached hydrogens (tertiary/aromatic N) is 2. The number of nitrogens with one attached hydrogen (secondary N) is 1. The molecule has 0 aliphatic carbocycles. The first-order valence-electron chi connectivity index (χ1n) is 9.62. The van der Waals surface area contributed by atoms with Crippen LogP contribution in [0.1, 0.15) is 5.56 Å². The van der Waals surface area contributed by atoms with Crippen LogP contribution in [-0.4, -0.2) is 28.8 Å². The van der Waals surface area contributed by atoms with Crippen molar-refractivity contribution in [1.82, 2.24) is 15.1 Å². The lowest BCUT2D eigenvalue weighted by Crippen LogP contribution is -2.35. The molecule has 152 valence electrons. The van der Waals surface area contributed by atoms with Crippen molar-refractivity contribution in [3.05, 3.63) is 82.0 Å². The largest absolute Gasteiger partial charge is 0.492 e. The van der Waals surface area contributed by atoms with E-state index >= 15 is 0 Å². The number of benzene rings is 2. The second-order valence-electron chi connectivity index (χ2n) is 6.85. The summed E-state index contributed by atoms with van der Waals surface area (Å²) in [5.74, 6) is 0.474. The molecule has 1 amide bonds. The van der Waals surface area contributed by atoms with Gasteiger partial charge >= 0.3 is 0 Å². The van der Waals surface area contributed by atoms with Crippen LogP contribution in [0.3, 0.4) is 0 Å². The average Bonchev–Trinajstić information content (AvgIpc) is 3.28. The fourth-order valence-electron chi connectivity index (χ4n) is 3.19. The maximum atomic E-state index is 12.8. The highest BCUT2D eigenvalue weighted by Gasteiger charge is 2.14. The van der Waals surface area contributed by atoms with E-state index in [0.29, 0.717) is 24.2 Å². The van der Waals surface area contributed by atoms with Crippen molar-refractivity contribution in [1.29, 1.82) is 0 Å². The SMILES string of the molecule is Cc1cccc(OCCNC(=O)Cn2nc(-c3cccs3)c3ccccc3c2=O)c1. The van der Waals surface area contributed by atoms with E-state index in [1.165, 1.54) is 4.68 Å². The molecule has 0 aliphatic rings. The maximum absolute atomic E-state index is 12.8. The zero-order valence-corrected chi connectivity index (χ0v) is 17.3. The minimum atomic E-state index is -0.287. The third-order valence-electron chi connectivity index (χ3n) is 4.60. The van der Waals surface area contributed by atoms with Gasteiger partial charge in [-0.2, -0.15) is 5.10 Å². The van der Waals surface area contributed by atoms with Crippen LogP contribution in [0.5, 0.6) is 5.75 Å². The summed E-state index contributed by atoms with van der Waals surface area (Å²) < 4.78 is 6.87. The van der Waals surface area contributed by atoms with Crippen molar-refractivity contribution in [3.63, 3.8) is 0 Å². The Bertz CT molecular complexity index is 1230. The number of rotatable bonds is 7. The second kappa shape index (κ2) is 8.92. The Balaban J connectivity index is 1.46. The first kappa shape index (κ1) is 19.8. The van der Waals surface area contributed by atoms with Gasteiger partial charge in [0.05, 0.1) is 16.8 Å². The van der Waals surface area contributed by atoms with Gasteiger partial charge in [-0.15, -0.1) is 11.3 Å². The predicted molar refractivity (Wildman–Crippen MR) is 119 cm³/mol. The van der Waals surface area contributed by atoms with E-state index in [9.17, 15) is 9.59 Å². The number of hydrogen-bond acceptors (Lipinski definition) is 5. The Hall–Kier alpha value is -3.45. The third kappa shape index (κ3) is 4.41. The van der Waals surface area contributed by atoms with E-state index in [-0.39, 0.29) is 18.0 Å². The van der Waals surface area contributed by atoms with E-state index in [2.05, 4.69) is 10.4 Å². The zero-order valence-electron chi connectivity index (χ0n) is 16.5. The van der Waals surface area contributed by atoms with Gasteiger partial charge in [-0.25, -0.2) is 4.68 Å². The van der Waals surface area contributed by atoms with Crippen molar-refractivity contribution in [3.8, 4) is 16.3 Å². The number of fused-ring (bicyclic) bond motifs is 1. The molecular weight excluding hydrogens is 398 g/mol. The molecule has 2 aromatic heterocycles. The highest BCUT2D eigenvalue weighted by atomic mass is 32.1. The van der Waals surface area contributed by atoms with Gasteiger partial charge in [0, 0.05) is 5.39 Å². The summed E-state index contributed by atoms with van der Waals surface area (Å²) >= 11 is 1.55. The number of carbonyl (C=O) groups is 1. The molecule has 0 atom stereocenters. The van der Waals surface area contributed by atoms with Gasteiger partial charge in [-0.1, -0.05) is 36.4 Å². The molecule has 2 aromatic carbocycles. The average molecular weight is 420 g/mol. The predicted octanol–water partition coefficient (Wildman–Crippen LogP) is 3.63. The fourth-order valence-corrected chi connectivity index (χ4v) is 3.92. The van der Waals surface area contributed by atoms with Gasteiger partial charge in [0.2, 0.25) is 5.91 Å². The molecule has 0 saturated carbocycles. The molecule has 0 bridgehead atoms. The van der Waals surface area contributed by atoms with Crippen LogP contribution < -0.4 is 15.6 Å². The van der Waals surface area contributed by atoms with Gasteiger partial charge in [-0.05, 0) is 42.1 Å². The Kier molecular flexibility index (Phi) is 5.90. The number of amides is 1. The van der Waals surface area contributed by atoms with Crippen LogP contribution in [0.2, 0.25) is 0 Å². The summed E-state index contributed by atoms with van der Waals surface area (Å²) in [4.78, 5) is 26.2. The van der Waals surface area contributed by atoms with Crippen LogP contribution in [0.15, 0.2) is 70.8 Å². The highest BCUT2D eigenvalue weighted by Crippen LogP contribution is 2.28. The Morgan fingerprint density at radius 1 is 1.10 bits per heavy atom. The number of ether oxygens (including phenoxy) is 1. The zero-order chi connectivity index (χ0) is 20.9. The van der Waals surface area contributed by atoms with Crippen molar-refractivity contribution >= 4 is 28.0 Å². The first-order valence-corrected chi connectivity index (χ1v) is 10.5. The summed E-state index contributed by atoms with van der Waals surface area (Å²) in [5, 5.41) is 10.6. The summed E-state index contributed by atoms with van der Waals surface area (Å²) in [6, 6.07) is 19.0. The summed E-state index contributed by atoms with van der Waals surface area (Å²) in [7, 11) is 0. The Labute approximate surface area is 177 Å². The van der Waals surface area contributed by atoms with Crippen LogP contribution in [-0.2, 0) is 11.3 Å². The highest BCUT2D eigenvalue weighted by molar-refractivity contribution is 7.13. The maximum Gasteiger partial charge on any atom is 0.275 e. The van der Waals surface area contributed by atoms with E-state index in [1.54, 1.807) is 17.4 Å². The molecule has 4 rings (SSSR count).